The minimum atomic E-state index is -0.427. The van der Waals surface area contributed by atoms with Gasteiger partial charge in [-0.2, -0.15) is 11.8 Å². The van der Waals surface area contributed by atoms with Gasteiger partial charge in [0.25, 0.3) is 0 Å². The minimum Gasteiger partial charge on any atom is -0.496 e. The van der Waals surface area contributed by atoms with E-state index in [4.69, 9.17) is 15.2 Å². The number of esters is 1. The summed E-state index contributed by atoms with van der Waals surface area (Å²) in [7, 11) is 2.87. The maximum absolute atomic E-state index is 11.8. The quantitative estimate of drug-likeness (QED) is 0.327. The van der Waals surface area contributed by atoms with E-state index in [1.165, 1.54) is 14.2 Å². The molecule has 0 atom stereocenters. The van der Waals surface area contributed by atoms with Crippen molar-refractivity contribution in [3.63, 3.8) is 0 Å². The standard InChI is InChI=1S/C15H21N3O3S.HI/c1-20-13-4-3-11(9-12(13)14(19)21-2)10-17-15(16)18-5-7-22-8-6-18;/h3-4,9H,5-8,10H2,1-2H3,(H2,16,17);1H. The van der Waals surface area contributed by atoms with E-state index in [0.717, 1.165) is 30.2 Å². The molecule has 1 saturated heterocycles. The molecule has 128 valence electrons. The summed E-state index contributed by atoms with van der Waals surface area (Å²) in [6, 6.07) is 5.34. The number of thioether (sulfide) groups is 1. The van der Waals surface area contributed by atoms with E-state index in [0.29, 0.717) is 23.8 Å². The maximum atomic E-state index is 11.8. The van der Waals surface area contributed by atoms with Gasteiger partial charge in [0.05, 0.1) is 20.8 Å². The Labute approximate surface area is 157 Å². The van der Waals surface area contributed by atoms with E-state index in [2.05, 4.69) is 9.89 Å². The highest BCUT2D eigenvalue weighted by atomic mass is 127. The van der Waals surface area contributed by atoms with Gasteiger partial charge in [-0.15, -0.1) is 24.0 Å². The zero-order valence-electron chi connectivity index (χ0n) is 13.3. The first kappa shape index (κ1) is 19.9. The normalized spacial score (nSPS) is 14.9. The summed E-state index contributed by atoms with van der Waals surface area (Å²) in [4.78, 5) is 18.3. The average molecular weight is 451 g/mol. The summed E-state index contributed by atoms with van der Waals surface area (Å²) < 4.78 is 9.94. The topological polar surface area (TPSA) is 77.1 Å². The highest BCUT2D eigenvalue weighted by Crippen LogP contribution is 2.21. The fourth-order valence-corrected chi connectivity index (χ4v) is 3.09. The predicted octanol–water partition coefficient (Wildman–Crippen LogP) is 1.96. The first-order chi connectivity index (χ1) is 10.7. The average Bonchev–Trinajstić information content (AvgIpc) is 2.59. The molecule has 1 aromatic carbocycles. The third-order valence-electron chi connectivity index (χ3n) is 3.43. The Balaban J connectivity index is 0.00000264. The molecular formula is C15H22IN3O3S. The fourth-order valence-electron chi connectivity index (χ4n) is 2.19. The van der Waals surface area contributed by atoms with Crippen LogP contribution >= 0.6 is 35.7 Å². The molecule has 1 aliphatic rings. The third-order valence-corrected chi connectivity index (χ3v) is 4.37. The van der Waals surface area contributed by atoms with E-state index in [1.807, 2.05) is 17.8 Å². The summed E-state index contributed by atoms with van der Waals surface area (Å²) in [6.07, 6.45) is 0. The van der Waals surface area contributed by atoms with Crippen molar-refractivity contribution in [3.05, 3.63) is 29.3 Å². The zero-order valence-corrected chi connectivity index (χ0v) is 16.4. The number of carbonyl (C=O) groups excluding carboxylic acids is 1. The van der Waals surface area contributed by atoms with Gasteiger partial charge in [-0.1, -0.05) is 6.07 Å². The van der Waals surface area contributed by atoms with Crippen molar-refractivity contribution in [2.45, 2.75) is 6.54 Å². The van der Waals surface area contributed by atoms with Crippen LogP contribution in [0.2, 0.25) is 0 Å². The van der Waals surface area contributed by atoms with Gasteiger partial charge in [0, 0.05) is 24.6 Å². The van der Waals surface area contributed by atoms with Crippen LogP contribution in [0.1, 0.15) is 15.9 Å². The molecule has 6 nitrogen and oxygen atoms in total. The van der Waals surface area contributed by atoms with Gasteiger partial charge >= 0.3 is 5.97 Å². The zero-order chi connectivity index (χ0) is 15.9. The van der Waals surface area contributed by atoms with Gasteiger partial charge in [-0.25, -0.2) is 9.79 Å². The van der Waals surface area contributed by atoms with Crippen molar-refractivity contribution in [3.8, 4) is 5.75 Å². The molecule has 1 aromatic rings. The lowest BCUT2D eigenvalue weighted by Crippen LogP contribution is -2.42. The molecule has 0 aromatic heterocycles. The van der Waals surface area contributed by atoms with Crippen LogP contribution in [0.5, 0.6) is 5.75 Å². The number of nitrogens with two attached hydrogens (primary N) is 1. The second-order valence-corrected chi connectivity index (χ2v) is 6.02. The number of rotatable bonds is 4. The van der Waals surface area contributed by atoms with Crippen molar-refractivity contribution < 1.29 is 14.3 Å². The first-order valence-electron chi connectivity index (χ1n) is 7.03. The number of aliphatic imine (C=N–C) groups is 1. The summed E-state index contributed by atoms with van der Waals surface area (Å²) in [5, 5.41) is 0. The van der Waals surface area contributed by atoms with E-state index in [-0.39, 0.29) is 24.0 Å². The smallest absolute Gasteiger partial charge is 0.341 e. The molecule has 0 bridgehead atoms. The molecule has 23 heavy (non-hydrogen) atoms. The molecule has 1 aliphatic heterocycles. The van der Waals surface area contributed by atoms with Crippen LogP contribution in [0.3, 0.4) is 0 Å². The van der Waals surface area contributed by atoms with E-state index < -0.39 is 5.97 Å². The van der Waals surface area contributed by atoms with Crippen molar-refractivity contribution >= 4 is 47.7 Å². The van der Waals surface area contributed by atoms with E-state index in [1.54, 1.807) is 12.1 Å². The van der Waals surface area contributed by atoms with Crippen molar-refractivity contribution in [2.24, 2.45) is 10.7 Å². The molecule has 1 heterocycles. The van der Waals surface area contributed by atoms with Crippen LogP contribution in [0, 0.1) is 0 Å². The lowest BCUT2D eigenvalue weighted by molar-refractivity contribution is 0.0597. The van der Waals surface area contributed by atoms with Gasteiger partial charge in [0.1, 0.15) is 11.3 Å². The van der Waals surface area contributed by atoms with Crippen molar-refractivity contribution in [1.29, 1.82) is 0 Å². The fraction of sp³-hybridized carbons (Fsp3) is 0.467. The summed E-state index contributed by atoms with van der Waals surface area (Å²) in [5.41, 5.74) is 7.31. The molecule has 0 amide bonds. The Morgan fingerprint density at radius 2 is 2.04 bits per heavy atom. The van der Waals surface area contributed by atoms with Gasteiger partial charge in [-0.3, -0.25) is 0 Å². The summed E-state index contributed by atoms with van der Waals surface area (Å²) >= 11 is 1.92. The van der Waals surface area contributed by atoms with Crippen molar-refractivity contribution in [1.82, 2.24) is 4.90 Å². The van der Waals surface area contributed by atoms with E-state index >= 15 is 0 Å². The summed E-state index contributed by atoms with van der Waals surface area (Å²) in [5.74, 6) is 2.76. The van der Waals surface area contributed by atoms with Crippen LogP contribution in [0.25, 0.3) is 0 Å². The Kier molecular flexibility index (Phi) is 8.53. The van der Waals surface area contributed by atoms with Crippen LogP contribution in [-0.4, -0.2) is 55.6 Å². The largest absolute Gasteiger partial charge is 0.496 e. The number of hydrogen-bond acceptors (Lipinski definition) is 5. The molecule has 0 radical (unpaired) electrons. The number of benzene rings is 1. The molecule has 0 unspecified atom stereocenters. The number of ether oxygens (including phenoxy) is 2. The monoisotopic (exact) mass is 451 g/mol. The first-order valence-corrected chi connectivity index (χ1v) is 8.19. The number of nitrogens with zero attached hydrogens (tertiary/aromatic N) is 2. The highest BCUT2D eigenvalue weighted by Gasteiger charge is 2.14. The van der Waals surface area contributed by atoms with Gasteiger partial charge in [0.15, 0.2) is 5.96 Å². The Morgan fingerprint density at radius 3 is 2.65 bits per heavy atom. The minimum absolute atomic E-state index is 0. The second-order valence-electron chi connectivity index (χ2n) is 4.80. The SMILES string of the molecule is COC(=O)c1cc(CN=C(N)N2CCSCC2)ccc1OC.I. The van der Waals surface area contributed by atoms with E-state index in [9.17, 15) is 4.79 Å². The lowest BCUT2D eigenvalue weighted by atomic mass is 10.1. The molecular weight excluding hydrogens is 429 g/mol. The second kappa shape index (κ2) is 9.86. The van der Waals surface area contributed by atoms with Gasteiger partial charge in [0.2, 0.25) is 0 Å². The molecule has 2 N–H and O–H groups in total. The van der Waals surface area contributed by atoms with Gasteiger partial charge < -0.3 is 20.1 Å². The van der Waals surface area contributed by atoms with Crippen LogP contribution in [-0.2, 0) is 11.3 Å². The number of halogens is 1. The number of carbonyl (C=O) groups is 1. The predicted molar refractivity (Wildman–Crippen MR) is 104 cm³/mol. The van der Waals surface area contributed by atoms with Crippen molar-refractivity contribution in [2.75, 3.05) is 38.8 Å². The Hall–Kier alpha value is -1.16. The van der Waals surface area contributed by atoms with Crippen LogP contribution < -0.4 is 10.5 Å². The number of hydrogen-bond donors (Lipinski definition) is 1. The molecule has 1 fully saturated rings. The highest BCUT2D eigenvalue weighted by molar-refractivity contribution is 14.0. The maximum Gasteiger partial charge on any atom is 0.341 e. The number of methoxy groups -OCH3 is 2. The molecule has 0 aliphatic carbocycles. The van der Waals surface area contributed by atoms with Gasteiger partial charge in [-0.05, 0) is 17.7 Å². The summed E-state index contributed by atoms with van der Waals surface area (Å²) in [6.45, 7) is 2.27. The number of guanidine groups is 1. The van der Waals surface area contributed by atoms with Crippen LogP contribution in [0.15, 0.2) is 23.2 Å². The lowest BCUT2D eigenvalue weighted by Gasteiger charge is -2.27. The Bertz CT molecular complexity index is 563. The molecule has 2 rings (SSSR count). The molecule has 8 heteroatoms. The molecule has 0 spiro atoms. The Morgan fingerprint density at radius 1 is 1.35 bits per heavy atom. The third kappa shape index (κ3) is 5.45. The molecule has 0 saturated carbocycles. The van der Waals surface area contributed by atoms with Crippen LogP contribution in [0.4, 0.5) is 0 Å².